The van der Waals surface area contributed by atoms with Gasteiger partial charge in [0.2, 0.25) is 0 Å². The van der Waals surface area contributed by atoms with Crippen molar-refractivity contribution in [2.45, 2.75) is 0 Å². The van der Waals surface area contributed by atoms with Crippen LogP contribution in [0.1, 0.15) is 0 Å². The molecule has 21 heavy (non-hydrogen) atoms. The quantitative estimate of drug-likeness (QED) is 0.782. The minimum absolute atomic E-state index is 0.113. The Kier molecular flexibility index (Phi) is 4.25. The molecule has 0 saturated carbocycles. The summed E-state index contributed by atoms with van der Waals surface area (Å²) in [7, 11) is 3.77. The van der Waals surface area contributed by atoms with Gasteiger partial charge in [-0.2, -0.15) is 10.5 Å². The third kappa shape index (κ3) is 3.21. The smallest absolute Gasteiger partial charge is 0.135 e. The number of halogens is 1. The monoisotopic (exact) mass is 282 g/mol. The number of anilines is 1. The topological polar surface area (TPSA) is 54.1 Å². The molecule has 1 aliphatic heterocycles. The number of rotatable bonds is 2. The van der Waals surface area contributed by atoms with E-state index in [4.69, 9.17) is 10.5 Å². The molecule has 5 heteroatoms. The third-order valence-electron chi connectivity index (χ3n) is 3.21. The molecule has 106 valence electrons. The van der Waals surface area contributed by atoms with Crippen LogP contribution in [0.15, 0.2) is 47.2 Å². The van der Waals surface area contributed by atoms with Crippen LogP contribution in [0, 0.1) is 28.5 Å². The molecule has 0 bridgehead atoms. The molecule has 0 N–H and O–H groups in total. The first-order valence-corrected chi connectivity index (χ1v) is 6.46. The van der Waals surface area contributed by atoms with Gasteiger partial charge in [0, 0.05) is 44.6 Å². The van der Waals surface area contributed by atoms with E-state index in [2.05, 4.69) is 0 Å². The molecule has 1 aliphatic rings. The highest BCUT2D eigenvalue weighted by atomic mass is 19.1. The summed E-state index contributed by atoms with van der Waals surface area (Å²) in [6, 6.07) is 10.2. The van der Waals surface area contributed by atoms with Crippen LogP contribution < -0.4 is 4.90 Å². The molecule has 0 unspecified atom stereocenters. The first-order chi connectivity index (χ1) is 10.0. The van der Waals surface area contributed by atoms with E-state index in [1.165, 1.54) is 12.1 Å². The van der Waals surface area contributed by atoms with E-state index in [1.54, 1.807) is 6.07 Å². The minimum atomic E-state index is -0.302. The number of nitrogens with zero attached hydrogens (tertiary/aromatic N) is 4. The molecule has 1 saturated heterocycles. The molecule has 0 amide bonds. The van der Waals surface area contributed by atoms with Gasteiger partial charge in [0.05, 0.1) is 0 Å². The second kappa shape index (κ2) is 6.11. The molecule has 4 nitrogen and oxygen atoms in total. The standard InChI is InChI=1S/C16H15FN4/c1-20(2)9-13-10-21(11-16(13)12(7-18)8-19)15-5-3-4-14(17)6-15/h3-6,9H,10-11H2,1-2H3. The molecule has 0 radical (unpaired) electrons. The molecule has 1 aromatic rings. The lowest BCUT2D eigenvalue weighted by molar-refractivity contribution is 0.559. The highest BCUT2D eigenvalue weighted by molar-refractivity contribution is 5.61. The summed E-state index contributed by atoms with van der Waals surface area (Å²) in [5, 5.41) is 18.2. The maximum absolute atomic E-state index is 13.3. The summed E-state index contributed by atoms with van der Waals surface area (Å²) in [5.74, 6) is -0.302. The van der Waals surface area contributed by atoms with Crippen molar-refractivity contribution in [3.8, 4) is 12.1 Å². The Hall–Kier alpha value is -2.79. The summed E-state index contributed by atoms with van der Waals surface area (Å²) in [5.41, 5.74) is 2.47. The highest BCUT2D eigenvalue weighted by Crippen LogP contribution is 2.29. The lowest BCUT2D eigenvalue weighted by atomic mass is 10.1. The van der Waals surface area contributed by atoms with Crippen molar-refractivity contribution < 1.29 is 4.39 Å². The van der Waals surface area contributed by atoms with E-state index >= 15 is 0 Å². The van der Waals surface area contributed by atoms with Crippen LogP contribution in [0.5, 0.6) is 0 Å². The van der Waals surface area contributed by atoms with Crippen LogP contribution >= 0.6 is 0 Å². The Labute approximate surface area is 123 Å². The van der Waals surface area contributed by atoms with E-state index in [0.717, 1.165) is 11.3 Å². The van der Waals surface area contributed by atoms with Crippen LogP contribution in [-0.2, 0) is 0 Å². The Morgan fingerprint density at radius 1 is 1.29 bits per heavy atom. The predicted octanol–water partition coefficient (Wildman–Crippen LogP) is 2.43. The zero-order valence-corrected chi connectivity index (χ0v) is 12.0. The average Bonchev–Trinajstić information content (AvgIpc) is 2.83. The molecule has 1 heterocycles. The van der Waals surface area contributed by atoms with E-state index in [9.17, 15) is 4.39 Å². The van der Waals surface area contributed by atoms with Crippen molar-refractivity contribution in [3.05, 3.63) is 53.0 Å². The molecule has 1 fully saturated rings. The minimum Gasteiger partial charge on any atom is -0.383 e. The lowest BCUT2D eigenvalue weighted by Gasteiger charge is -2.17. The lowest BCUT2D eigenvalue weighted by Crippen LogP contribution is -2.18. The van der Waals surface area contributed by atoms with Crippen LogP contribution in [-0.4, -0.2) is 32.1 Å². The second-order valence-electron chi connectivity index (χ2n) is 5.03. The molecular formula is C16H15FN4. The molecule has 0 aromatic heterocycles. The van der Waals surface area contributed by atoms with Gasteiger partial charge < -0.3 is 9.80 Å². The number of hydrogen-bond donors (Lipinski definition) is 0. The van der Waals surface area contributed by atoms with Gasteiger partial charge in [-0.3, -0.25) is 0 Å². The van der Waals surface area contributed by atoms with Gasteiger partial charge in [-0.15, -0.1) is 0 Å². The first kappa shape index (κ1) is 14.6. The number of allylic oxidation sites excluding steroid dienone is 1. The van der Waals surface area contributed by atoms with E-state index in [-0.39, 0.29) is 11.4 Å². The van der Waals surface area contributed by atoms with Crippen LogP contribution in [0.25, 0.3) is 0 Å². The summed E-state index contributed by atoms with van der Waals surface area (Å²) < 4.78 is 13.3. The maximum Gasteiger partial charge on any atom is 0.135 e. The maximum atomic E-state index is 13.3. The fraction of sp³-hybridized carbons (Fsp3) is 0.250. The van der Waals surface area contributed by atoms with Crippen molar-refractivity contribution in [3.63, 3.8) is 0 Å². The van der Waals surface area contributed by atoms with Gasteiger partial charge in [-0.25, -0.2) is 4.39 Å². The number of benzene rings is 1. The highest BCUT2D eigenvalue weighted by Gasteiger charge is 2.25. The Balaban J connectivity index is 2.43. The molecule has 0 aliphatic carbocycles. The summed E-state index contributed by atoms with van der Waals surface area (Å²) in [6.07, 6.45) is 1.89. The second-order valence-corrected chi connectivity index (χ2v) is 5.03. The summed E-state index contributed by atoms with van der Waals surface area (Å²) >= 11 is 0. The summed E-state index contributed by atoms with van der Waals surface area (Å²) in [6.45, 7) is 0.976. The van der Waals surface area contributed by atoms with E-state index in [0.29, 0.717) is 18.7 Å². The molecule has 2 rings (SSSR count). The van der Waals surface area contributed by atoms with E-state index < -0.39 is 0 Å². The van der Waals surface area contributed by atoms with Crippen molar-refractivity contribution in [1.82, 2.24) is 4.90 Å². The zero-order chi connectivity index (χ0) is 15.4. The Morgan fingerprint density at radius 3 is 2.57 bits per heavy atom. The normalized spacial score (nSPS) is 15.8. The van der Waals surface area contributed by atoms with Crippen LogP contribution in [0.4, 0.5) is 10.1 Å². The number of hydrogen-bond acceptors (Lipinski definition) is 4. The van der Waals surface area contributed by atoms with Crippen LogP contribution in [0.3, 0.4) is 0 Å². The van der Waals surface area contributed by atoms with Gasteiger partial charge in [-0.05, 0) is 23.8 Å². The van der Waals surface area contributed by atoms with Gasteiger partial charge >= 0.3 is 0 Å². The van der Waals surface area contributed by atoms with Crippen molar-refractivity contribution in [2.75, 3.05) is 32.1 Å². The van der Waals surface area contributed by atoms with E-state index in [1.807, 2.05) is 48.3 Å². The SMILES string of the molecule is CN(C)C=C1CN(c2cccc(F)c2)CC1=C(C#N)C#N. The average molecular weight is 282 g/mol. The van der Waals surface area contributed by atoms with Crippen LogP contribution in [0.2, 0.25) is 0 Å². The molecule has 0 spiro atoms. The fourth-order valence-electron chi connectivity index (χ4n) is 2.33. The van der Waals surface area contributed by atoms with Gasteiger partial charge in [-0.1, -0.05) is 6.07 Å². The fourth-order valence-corrected chi connectivity index (χ4v) is 2.33. The first-order valence-electron chi connectivity index (χ1n) is 6.46. The third-order valence-corrected chi connectivity index (χ3v) is 3.21. The van der Waals surface area contributed by atoms with Gasteiger partial charge in [0.15, 0.2) is 0 Å². The molecule has 1 aromatic carbocycles. The zero-order valence-electron chi connectivity index (χ0n) is 12.0. The van der Waals surface area contributed by atoms with Gasteiger partial charge in [0.1, 0.15) is 23.5 Å². The van der Waals surface area contributed by atoms with Crippen molar-refractivity contribution in [1.29, 1.82) is 10.5 Å². The number of nitriles is 2. The summed E-state index contributed by atoms with van der Waals surface area (Å²) in [4.78, 5) is 3.82. The molecule has 0 atom stereocenters. The molecular weight excluding hydrogens is 267 g/mol. The Bertz CT molecular complexity index is 673. The van der Waals surface area contributed by atoms with Crippen molar-refractivity contribution in [2.24, 2.45) is 0 Å². The largest absolute Gasteiger partial charge is 0.383 e. The van der Waals surface area contributed by atoms with Crippen molar-refractivity contribution >= 4 is 5.69 Å². The Morgan fingerprint density at radius 2 is 2.00 bits per heavy atom. The predicted molar refractivity (Wildman–Crippen MR) is 78.6 cm³/mol. The van der Waals surface area contributed by atoms with Gasteiger partial charge in [0.25, 0.3) is 0 Å².